The van der Waals surface area contributed by atoms with E-state index in [1.54, 1.807) is 0 Å². The topological polar surface area (TPSA) is 48.1 Å². The first-order valence-corrected chi connectivity index (χ1v) is 15.7. The third-order valence-corrected chi connectivity index (χ3v) is 8.86. The molecule has 1 fully saturated rings. The van der Waals surface area contributed by atoms with Gasteiger partial charge in [0.1, 0.15) is 6.04 Å². The molecule has 42 heavy (non-hydrogen) atoms. The molecule has 0 spiro atoms. The van der Waals surface area contributed by atoms with Crippen molar-refractivity contribution >= 4 is 34.6 Å². The maximum absolute atomic E-state index is 14.2. The van der Waals surface area contributed by atoms with E-state index in [9.17, 15) is 4.79 Å². The third kappa shape index (κ3) is 6.23. The smallest absolute Gasteiger partial charge is 0.249 e. The molecule has 1 aliphatic carbocycles. The van der Waals surface area contributed by atoms with Gasteiger partial charge in [-0.15, -0.1) is 0 Å². The van der Waals surface area contributed by atoms with E-state index in [0.29, 0.717) is 12.3 Å². The minimum absolute atomic E-state index is 0.0888. The van der Waals surface area contributed by atoms with Crippen LogP contribution in [0.25, 0.3) is 23.1 Å². The summed E-state index contributed by atoms with van der Waals surface area (Å²) in [5, 5.41) is 5.06. The lowest BCUT2D eigenvalue weighted by atomic mass is 9.87. The molecule has 2 aliphatic rings. The Bertz CT molecular complexity index is 1580. The Kier molecular flexibility index (Phi) is 9.31. The number of para-hydroxylation sites is 1. The first-order valence-electron chi connectivity index (χ1n) is 15.7. The molecule has 218 valence electrons. The average molecular weight is 560 g/mol. The molecule has 1 saturated carbocycles. The van der Waals surface area contributed by atoms with Crippen molar-refractivity contribution in [2.45, 2.75) is 78.2 Å². The van der Waals surface area contributed by atoms with Gasteiger partial charge < -0.3 is 15.2 Å². The van der Waals surface area contributed by atoms with Gasteiger partial charge in [-0.1, -0.05) is 93.9 Å². The molecule has 4 aromatic rings. The van der Waals surface area contributed by atoms with Crippen LogP contribution in [0.4, 0.5) is 5.69 Å². The zero-order chi connectivity index (χ0) is 29.6. The van der Waals surface area contributed by atoms with Gasteiger partial charge in [0.2, 0.25) is 5.91 Å². The molecule has 1 amide bonds. The molecule has 2 N–H and O–H groups in total. The zero-order valence-electron chi connectivity index (χ0n) is 25.8. The largest absolute Gasteiger partial charge is 0.377 e. The molecule has 0 radical (unpaired) electrons. The number of carbonyl (C=O) groups is 1. The van der Waals surface area contributed by atoms with Gasteiger partial charge in [-0.2, -0.15) is 0 Å². The number of aromatic nitrogens is 1. The number of likely N-dealkylation sites (N-methyl/N-ethyl adjacent to an activating group) is 1. The van der Waals surface area contributed by atoms with Gasteiger partial charge in [0.05, 0.1) is 0 Å². The molecular formula is C38H45N3O. The highest BCUT2D eigenvalue weighted by Crippen LogP contribution is 2.33. The van der Waals surface area contributed by atoms with Gasteiger partial charge in [-0.25, -0.2) is 0 Å². The average Bonchev–Trinajstić information content (AvgIpc) is 3.35. The summed E-state index contributed by atoms with van der Waals surface area (Å²) in [5.41, 5.74) is 10.8. The van der Waals surface area contributed by atoms with Crippen LogP contribution in [0, 0.1) is 0 Å². The van der Waals surface area contributed by atoms with Gasteiger partial charge in [-0.3, -0.25) is 4.79 Å². The molecule has 2 heterocycles. The molecule has 4 heteroatoms. The van der Waals surface area contributed by atoms with Crippen LogP contribution in [-0.4, -0.2) is 24.0 Å². The summed E-state index contributed by atoms with van der Waals surface area (Å²) in [6.07, 6.45) is 10.3. The van der Waals surface area contributed by atoms with Gasteiger partial charge >= 0.3 is 0 Å². The number of anilines is 1. The minimum atomic E-state index is -0.366. The minimum Gasteiger partial charge on any atom is -0.377 e. The van der Waals surface area contributed by atoms with Crippen molar-refractivity contribution in [2.24, 2.45) is 0 Å². The number of allylic oxidation sites excluding steroid dienone is 2. The molecule has 2 atom stereocenters. The Morgan fingerprint density at radius 1 is 0.976 bits per heavy atom. The van der Waals surface area contributed by atoms with Crippen LogP contribution >= 0.6 is 0 Å². The summed E-state index contributed by atoms with van der Waals surface area (Å²) >= 11 is 0. The molecule has 2 bridgehead atoms. The van der Waals surface area contributed by atoms with Crippen LogP contribution in [-0.2, 0) is 17.6 Å². The van der Waals surface area contributed by atoms with Crippen LogP contribution in [0.2, 0.25) is 0 Å². The number of fused-ring (bicyclic) bond motifs is 5. The lowest BCUT2D eigenvalue weighted by molar-refractivity contribution is -0.120. The second kappa shape index (κ2) is 13.3. The second-order valence-corrected chi connectivity index (χ2v) is 11.5. The summed E-state index contributed by atoms with van der Waals surface area (Å²) in [6.45, 7) is 8.46. The van der Waals surface area contributed by atoms with Crippen molar-refractivity contribution in [3.63, 3.8) is 0 Å². The summed E-state index contributed by atoms with van der Waals surface area (Å²) in [4.78, 5) is 19.7. The predicted octanol–water partition coefficient (Wildman–Crippen LogP) is 9.04. The molecule has 0 saturated heterocycles. The summed E-state index contributed by atoms with van der Waals surface area (Å²) in [5.74, 6) is 0.598. The Balaban J connectivity index is 0.00000173. The van der Waals surface area contributed by atoms with E-state index in [4.69, 9.17) is 0 Å². The van der Waals surface area contributed by atoms with Crippen molar-refractivity contribution in [3.8, 4) is 0 Å². The zero-order valence-corrected chi connectivity index (χ0v) is 25.8. The fraction of sp³-hybridized carbons (Fsp3) is 0.342. The molecule has 1 aromatic heterocycles. The van der Waals surface area contributed by atoms with Gasteiger partial charge in [-0.05, 0) is 78.1 Å². The quantitative estimate of drug-likeness (QED) is 0.262. The highest BCUT2D eigenvalue weighted by molar-refractivity contribution is 5.97. The Hall–Kier alpha value is -4.05. The molecular weight excluding hydrogens is 514 g/mol. The number of rotatable bonds is 4. The van der Waals surface area contributed by atoms with E-state index in [0.717, 1.165) is 53.7 Å². The van der Waals surface area contributed by atoms with Crippen LogP contribution in [0.15, 0.2) is 84.1 Å². The van der Waals surface area contributed by atoms with E-state index in [1.165, 1.54) is 34.2 Å². The third-order valence-electron chi connectivity index (χ3n) is 8.86. The number of nitrogens with one attached hydrogen (secondary N) is 2. The monoisotopic (exact) mass is 559 g/mol. The van der Waals surface area contributed by atoms with Gasteiger partial charge in [0.15, 0.2) is 0 Å². The first kappa shape index (κ1) is 29.4. The normalized spacial score (nSPS) is 17.8. The highest BCUT2D eigenvalue weighted by atomic mass is 16.2. The van der Waals surface area contributed by atoms with E-state index < -0.39 is 0 Å². The molecule has 4 nitrogen and oxygen atoms in total. The fourth-order valence-electron chi connectivity index (χ4n) is 5.94. The van der Waals surface area contributed by atoms with E-state index in [-0.39, 0.29) is 11.9 Å². The Morgan fingerprint density at radius 3 is 2.45 bits per heavy atom. The Morgan fingerprint density at radius 2 is 1.74 bits per heavy atom. The maximum Gasteiger partial charge on any atom is 0.249 e. The fourth-order valence-corrected chi connectivity index (χ4v) is 5.94. The van der Waals surface area contributed by atoms with Crippen molar-refractivity contribution in [2.75, 3.05) is 11.9 Å². The predicted molar refractivity (Wildman–Crippen MR) is 179 cm³/mol. The van der Waals surface area contributed by atoms with Crippen LogP contribution in [0.5, 0.6) is 0 Å². The number of hydrogen-bond donors (Lipinski definition) is 2. The van der Waals surface area contributed by atoms with Crippen LogP contribution < -0.4 is 10.2 Å². The molecule has 2 unspecified atom stereocenters. The van der Waals surface area contributed by atoms with E-state index in [1.807, 2.05) is 25.8 Å². The number of benzene rings is 3. The number of amides is 1. The number of nitrogens with zero attached hydrogens (tertiary/aromatic N) is 1. The molecule has 3 aromatic carbocycles. The van der Waals surface area contributed by atoms with E-state index >= 15 is 0 Å². The van der Waals surface area contributed by atoms with Gasteiger partial charge in [0.25, 0.3) is 0 Å². The molecule has 6 rings (SSSR count). The Labute approximate surface area is 251 Å². The summed E-state index contributed by atoms with van der Waals surface area (Å²) < 4.78 is 0. The van der Waals surface area contributed by atoms with Crippen molar-refractivity contribution < 1.29 is 4.79 Å². The lowest BCUT2D eigenvalue weighted by Crippen LogP contribution is -2.47. The van der Waals surface area contributed by atoms with Crippen molar-refractivity contribution in [3.05, 3.63) is 112 Å². The van der Waals surface area contributed by atoms with Gasteiger partial charge in [0, 0.05) is 47.9 Å². The number of carbonyl (C=O) groups excluding carboxylic acids is 1. The maximum atomic E-state index is 14.2. The molecule has 1 aliphatic heterocycles. The number of hydrogen-bond acceptors (Lipinski definition) is 2. The SMILES string of the molecule is CC.CCC(C)c1ccc(N(C)C(=O)C2Cc3cccc(c3)/C=C\c3[nH]c4ccccc4c3CC(=C3CCC3)N2)cc1. The van der Waals surface area contributed by atoms with Crippen molar-refractivity contribution in [1.82, 2.24) is 10.3 Å². The van der Waals surface area contributed by atoms with Crippen LogP contribution in [0.1, 0.15) is 87.2 Å². The lowest BCUT2D eigenvalue weighted by Gasteiger charge is -2.30. The number of aromatic amines is 1. The van der Waals surface area contributed by atoms with Crippen LogP contribution in [0.3, 0.4) is 0 Å². The standard InChI is InChI=1S/C36H39N3O.C2H6/c1-4-24(2)27-16-18-29(19-17-27)39(3)36(40)35-22-26-10-7-9-25(21-26)15-20-33-31(23-34(38-35)28-11-8-12-28)30-13-5-6-14-32(30)37-33;1-2/h5-7,9-10,13-21,24,35,37-38H,4,8,11-12,22-23H2,1-3H3;1-2H3/b20-15-;. The summed E-state index contributed by atoms with van der Waals surface area (Å²) in [6, 6.07) is 25.2. The summed E-state index contributed by atoms with van der Waals surface area (Å²) in [7, 11) is 1.91. The van der Waals surface area contributed by atoms with Crippen molar-refractivity contribution in [1.29, 1.82) is 0 Å². The number of H-pyrrole nitrogens is 1. The van der Waals surface area contributed by atoms with E-state index in [2.05, 4.69) is 109 Å². The first-order chi connectivity index (χ1) is 20.5. The second-order valence-electron chi connectivity index (χ2n) is 11.5. The highest BCUT2D eigenvalue weighted by Gasteiger charge is 2.27.